The summed E-state index contributed by atoms with van der Waals surface area (Å²) < 4.78 is 22.9. The molecule has 0 saturated carbocycles. The minimum absolute atomic E-state index is 0. The minimum atomic E-state index is -0.437. The molecule has 0 aliphatic rings. The summed E-state index contributed by atoms with van der Waals surface area (Å²) in [5.74, 6) is 1.21. The summed E-state index contributed by atoms with van der Waals surface area (Å²) in [7, 11) is -0.0716. The molecule has 3 atom stereocenters. The second-order valence-electron chi connectivity index (χ2n) is 7.53. The molecule has 3 unspecified atom stereocenters. The van der Waals surface area contributed by atoms with E-state index >= 15 is 0 Å². The molecule has 0 aromatic heterocycles. The van der Waals surface area contributed by atoms with Gasteiger partial charge in [-0.05, 0) is 98.4 Å². The summed E-state index contributed by atoms with van der Waals surface area (Å²) in [4.78, 5) is 13.3. The van der Waals surface area contributed by atoms with E-state index in [1.54, 1.807) is 6.07 Å². The molecule has 2 rings (SSSR count). The number of hydrogen-bond acceptors (Lipinski definition) is 5. The number of hydrogen-bond donors (Lipinski definition) is 0. The topological polar surface area (TPSA) is 54.0 Å². The van der Waals surface area contributed by atoms with Crippen molar-refractivity contribution in [3.63, 3.8) is 0 Å². The van der Waals surface area contributed by atoms with E-state index in [2.05, 4.69) is 19.9 Å². The summed E-state index contributed by atoms with van der Waals surface area (Å²) in [6, 6.07) is 7.63. The zero-order valence-corrected chi connectivity index (χ0v) is 21.9. The van der Waals surface area contributed by atoms with Gasteiger partial charge in [-0.3, -0.25) is 4.79 Å². The van der Waals surface area contributed by atoms with Crippen LogP contribution in [0.2, 0.25) is 0 Å². The number of carbonyl (C=O) groups is 1. The molecule has 5 nitrogen and oxygen atoms in total. The van der Waals surface area contributed by atoms with Crippen molar-refractivity contribution in [2.75, 3.05) is 13.2 Å². The minimum Gasteiger partial charge on any atom is -0.465 e. The van der Waals surface area contributed by atoms with Crippen LogP contribution in [-0.2, 0) is 9.47 Å². The molecule has 0 spiro atoms. The second-order valence-corrected chi connectivity index (χ2v) is 8.77. The molecular weight excluding hydrogens is 418 g/mol. The van der Waals surface area contributed by atoms with Gasteiger partial charge in [0.1, 0.15) is 11.5 Å². The first-order valence-corrected chi connectivity index (χ1v) is 11.8. The molecule has 170 valence electrons. The molecule has 0 heterocycles. The van der Waals surface area contributed by atoms with Crippen molar-refractivity contribution in [1.82, 2.24) is 0 Å². The maximum Gasteiger partial charge on any atom is 1.00 e. The molecule has 0 radical (unpaired) electrons. The standard InChI is InChI=1S/C25H35O5P.Li/c1-9-27-19(7)29-21-11-12-23(22(14-21)30-20(8)28-10-2)31-25(26)24-16(4)13-15(3)17(5)18(24)6;/h11-14,19-20,31H,9-10H2,1-8H3;/q;+1. The number of carbonyl (C=O) groups excluding carboxylic acids is 1. The van der Waals surface area contributed by atoms with Gasteiger partial charge in [-0.15, -0.1) is 0 Å². The monoisotopic (exact) mass is 453 g/mol. The van der Waals surface area contributed by atoms with Gasteiger partial charge in [-0.25, -0.2) is 0 Å². The van der Waals surface area contributed by atoms with Crippen molar-refractivity contribution in [3.05, 3.63) is 52.1 Å². The van der Waals surface area contributed by atoms with Crippen LogP contribution in [0.3, 0.4) is 0 Å². The largest absolute Gasteiger partial charge is 1.00 e. The molecular formula is C25H35LiO5P+. The number of benzene rings is 2. The summed E-state index contributed by atoms with van der Waals surface area (Å²) in [5.41, 5.74) is 5.32. The van der Waals surface area contributed by atoms with Crippen LogP contribution in [0, 0.1) is 27.7 Å². The van der Waals surface area contributed by atoms with E-state index in [9.17, 15) is 4.79 Å². The number of ether oxygens (including phenoxy) is 4. The molecule has 32 heavy (non-hydrogen) atoms. The number of rotatable bonds is 11. The Labute approximate surface area is 206 Å². The Morgan fingerprint density at radius 2 is 1.47 bits per heavy atom. The summed E-state index contributed by atoms with van der Waals surface area (Å²) in [6.07, 6.45) is -0.814. The third kappa shape index (κ3) is 7.61. The van der Waals surface area contributed by atoms with E-state index < -0.39 is 6.29 Å². The Balaban J connectivity index is 0.00000512. The smallest absolute Gasteiger partial charge is 0.465 e. The summed E-state index contributed by atoms with van der Waals surface area (Å²) in [6.45, 7) is 16.8. The quantitative estimate of drug-likeness (QED) is 0.298. The maximum atomic E-state index is 13.3. The van der Waals surface area contributed by atoms with E-state index in [1.165, 1.54) is 5.56 Å². The number of aryl methyl sites for hydroxylation is 2. The molecule has 0 amide bonds. The first kappa shape index (κ1) is 28.7. The molecule has 0 N–H and O–H groups in total. The van der Waals surface area contributed by atoms with E-state index in [0.29, 0.717) is 24.7 Å². The molecule has 0 bridgehead atoms. The molecule has 0 saturated heterocycles. The van der Waals surface area contributed by atoms with Crippen molar-refractivity contribution in [3.8, 4) is 11.5 Å². The normalized spacial score (nSPS) is 13.0. The molecule has 0 aliphatic heterocycles. The van der Waals surface area contributed by atoms with Crippen LogP contribution >= 0.6 is 8.58 Å². The third-order valence-corrected chi connectivity index (χ3v) is 6.34. The van der Waals surface area contributed by atoms with E-state index in [4.69, 9.17) is 18.9 Å². The fourth-order valence-electron chi connectivity index (χ4n) is 3.50. The zero-order valence-electron chi connectivity index (χ0n) is 20.9. The fourth-order valence-corrected chi connectivity index (χ4v) is 4.68. The van der Waals surface area contributed by atoms with Crippen LogP contribution in [0.5, 0.6) is 11.5 Å². The van der Waals surface area contributed by atoms with E-state index in [-0.39, 0.29) is 39.3 Å². The van der Waals surface area contributed by atoms with E-state index in [0.717, 1.165) is 27.6 Å². The van der Waals surface area contributed by atoms with Crippen molar-refractivity contribution < 1.29 is 42.6 Å². The van der Waals surface area contributed by atoms with Crippen LogP contribution in [0.1, 0.15) is 60.3 Å². The van der Waals surface area contributed by atoms with Gasteiger partial charge in [-0.1, -0.05) is 6.07 Å². The van der Waals surface area contributed by atoms with Gasteiger partial charge >= 0.3 is 18.9 Å². The van der Waals surface area contributed by atoms with Crippen molar-refractivity contribution in [2.24, 2.45) is 0 Å². The Hall–Kier alpha value is -1.34. The van der Waals surface area contributed by atoms with Gasteiger partial charge < -0.3 is 18.9 Å². The average molecular weight is 453 g/mol. The Bertz CT molecular complexity index is 916. The van der Waals surface area contributed by atoms with Gasteiger partial charge in [0.05, 0.1) is 0 Å². The Morgan fingerprint density at radius 1 is 0.875 bits per heavy atom. The first-order chi connectivity index (χ1) is 14.7. The van der Waals surface area contributed by atoms with Crippen LogP contribution in [0.25, 0.3) is 0 Å². The van der Waals surface area contributed by atoms with Crippen LogP contribution in [0.15, 0.2) is 24.3 Å². The van der Waals surface area contributed by atoms with Crippen molar-refractivity contribution in [2.45, 2.75) is 68.0 Å². The second kappa shape index (κ2) is 13.4. The predicted octanol–water partition coefficient (Wildman–Crippen LogP) is 2.59. The predicted molar refractivity (Wildman–Crippen MR) is 128 cm³/mol. The third-order valence-electron chi connectivity index (χ3n) is 5.18. The molecule has 0 aliphatic carbocycles. The van der Waals surface area contributed by atoms with Gasteiger partial charge in [0, 0.05) is 30.1 Å². The summed E-state index contributed by atoms with van der Waals surface area (Å²) >= 11 is 0. The molecule has 7 heteroatoms. The van der Waals surface area contributed by atoms with Gasteiger partial charge in [0.25, 0.3) is 0 Å². The summed E-state index contributed by atoms with van der Waals surface area (Å²) in [5, 5.41) is 0.824. The maximum absolute atomic E-state index is 13.3. The fraction of sp³-hybridized carbons (Fsp3) is 0.480. The molecule has 2 aromatic rings. The Kier molecular flexibility index (Phi) is 12.0. The van der Waals surface area contributed by atoms with Gasteiger partial charge in [-0.2, -0.15) is 0 Å². The van der Waals surface area contributed by atoms with E-state index in [1.807, 2.05) is 53.7 Å². The Morgan fingerprint density at radius 3 is 2.06 bits per heavy atom. The van der Waals surface area contributed by atoms with Crippen LogP contribution in [0.4, 0.5) is 0 Å². The van der Waals surface area contributed by atoms with Gasteiger partial charge in [0.15, 0.2) is 18.1 Å². The van der Waals surface area contributed by atoms with Gasteiger partial charge in [0.2, 0.25) is 0 Å². The van der Waals surface area contributed by atoms with Crippen LogP contribution < -0.4 is 33.6 Å². The van der Waals surface area contributed by atoms with Crippen LogP contribution in [-0.4, -0.2) is 31.3 Å². The molecule has 2 aromatic carbocycles. The average Bonchev–Trinajstić information content (AvgIpc) is 2.68. The van der Waals surface area contributed by atoms with Crippen molar-refractivity contribution in [1.29, 1.82) is 0 Å². The molecule has 0 fully saturated rings. The zero-order chi connectivity index (χ0) is 23.1. The SMILES string of the molecule is CCOC(C)Oc1ccc(PC(=O)c2c(C)cc(C)c(C)c2C)c(OC(C)OCC)c1.[Li+]. The first-order valence-electron chi connectivity index (χ1n) is 10.8. The van der Waals surface area contributed by atoms with Crippen molar-refractivity contribution >= 4 is 19.4 Å².